The van der Waals surface area contributed by atoms with Gasteiger partial charge in [0.25, 0.3) is 11.1 Å². The molecule has 8 aromatic rings. The van der Waals surface area contributed by atoms with Gasteiger partial charge in [-0.1, -0.05) is 83.2 Å². The van der Waals surface area contributed by atoms with E-state index in [9.17, 15) is 9.59 Å². The molecule has 1 atom stereocenters. The molecule has 4 aromatic carbocycles. The first kappa shape index (κ1) is 30.1. The molecule has 9 rings (SSSR count). The van der Waals surface area contributed by atoms with Crippen LogP contribution in [0.15, 0.2) is 131 Å². The maximum absolute atomic E-state index is 14.2. The number of hydrogen-bond acceptors (Lipinski definition) is 10. The van der Waals surface area contributed by atoms with Gasteiger partial charge in [0.05, 0.1) is 22.7 Å². The number of hydrogen-bond donors (Lipinski definition) is 0. The lowest BCUT2D eigenvalue weighted by Crippen LogP contribution is -2.54. The van der Waals surface area contributed by atoms with E-state index in [2.05, 4.69) is 37.3 Å². The van der Waals surface area contributed by atoms with E-state index in [1.807, 2.05) is 121 Å². The predicted octanol–water partition coefficient (Wildman–Crippen LogP) is 3.96. The minimum Gasteiger partial charge on any atom is -0.338 e. The second kappa shape index (κ2) is 12.2. The molecule has 1 aliphatic rings. The molecule has 0 amide bonds. The van der Waals surface area contributed by atoms with Crippen LogP contribution >= 0.6 is 0 Å². The molecule has 1 aliphatic heterocycles. The van der Waals surface area contributed by atoms with Gasteiger partial charge in [-0.15, -0.1) is 10.2 Å². The van der Waals surface area contributed by atoms with Crippen LogP contribution in [0.1, 0.15) is 6.92 Å². The van der Waals surface area contributed by atoms with Crippen molar-refractivity contribution in [3.05, 3.63) is 142 Å². The SMILES string of the molecule is CC1CN(c2nc3c(nnn3-c3ccccc3)c(=O)n2-c2ccccc2)CCN1c1nc2c(nnn2-c2ccccc2)c(=O)n1-c1ccccc1. The smallest absolute Gasteiger partial charge is 0.289 e. The Morgan fingerprint density at radius 3 is 1.39 bits per heavy atom. The van der Waals surface area contributed by atoms with Crippen LogP contribution in [0.25, 0.3) is 45.1 Å². The van der Waals surface area contributed by atoms with Crippen LogP contribution in [0, 0.1) is 0 Å². The van der Waals surface area contributed by atoms with Crippen molar-refractivity contribution in [3.63, 3.8) is 0 Å². The quantitative estimate of drug-likeness (QED) is 0.255. The van der Waals surface area contributed by atoms with Gasteiger partial charge < -0.3 is 9.80 Å². The molecule has 4 aromatic heterocycles. The van der Waals surface area contributed by atoms with Gasteiger partial charge in [-0.25, -0.2) is 9.13 Å². The van der Waals surface area contributed by atoms with Crippen molar-refractivity contribution in [3.8, 4) is 22.7 Å². The molecule has 0 bridgehead atoms. The third-order valence-electron chi connectivity index (χ3n) is 9.11. The van der Waals surface area contributed by atoms with Crippen molar-refractivity contribution in [1.82, 2.24) is 49.1 Å². The molecule has 51 heavy (non-hydrogen) atoms. The highest BCUT2D eigenvalue weighted by atomic mass is 16.1. The summed E-state index contributed by atoms with van der Waals surface area (Å²) in [6, 6.07) is 37.7. The number of fused-ring (bicyclic) bond motifs is 2. The lowest BCUT2D eigenvalue weighted by Gasteiger charge is -2.41. The van der Waals surface area contributed by atoms with E-state index in [0.717, 1.165) is 11.4 Å². The summed E-state index contributed by atoms with van der Waals surface area (Å²) in [4.78, 5) is 42.8. The Kier molecular flexibility index (Phi) is 7.19. The monoisotopic (exact) mass is 674 g/mol. The molecular formula is C37H30N12O2. The molecule has 250 valence electrons. The fraction of sp³-hybridized carbons (Fsp3) is 0.135. The van der Waals surface area contributed by atoms with Crippen LogP contribution in [0.5, 0.6) is 0 Å². The van der Waals surface area contributed by atoms with Crippen LogP contribution in [-0.2, 0) is 0 Å². The van der Waals surface area contributed by atoms with Gasteiger partial charge >= 0.3 is 0 Å². The van der Waals surface area contributed by atoms with Crippen molar-refractivity contribution in [2.24, 2.45) is 0 Å². The highest BCUT2D eigenvalue weighted by Gasteiger charge is 2.32. The molecule has 5 heterocycles. The molecule has 1 unspecified atom stereocenters. The summed E-state index contributed by atoms with van der Waals surface area (Å²) in [5.74, 6) is 0.945. The molecule has 0 radical (unpaired) electrons. The first-order valence-electron chi connectivity index (χ1n) is 16.6. The average Bonchev–Trinajstić information content (AvgIpc) is 3.81. The molecule has 0 N–H and O–H groups in total. The number of anilines is 2. The molecule has 0 saturated carbocycles. The Labute approximate surface area is 290 Å². The average molecular weight is 675 g/mol. The van der Waals surface area contributed by atoms with Gasteiger partial charge in [0.2, 0.25) is 11.9 Å². The van der Waals surface area contributed by atoms with Gasteiger partial charge in [-0.2, -0.15) is 19.3 Å². The van der Waals surface area contributed by atoms with E-state index in [1.165, 1.54) is 0 Å². The zero-order chi connectivity index (χ0) is 34.5. The van der Waals surface area contributed by atoms with E-state index in [4.69, 9.17) is 9.97 Å². The largest absolute Gasteiger partial charge is 0.338 e. The van der Waals surface area contributed by atoms with E-state index in [-0.39, 0.29) is 28.2 Å². The third-order valence-corrected chi connectivity index (χ3v) is 9.11. The van der Waals surface area contributed by atoms with E-state index < -0.39 is 0 Å². The topological polar surface area (TPSA) is 138 Å². The second-order valence-electron chi connectivity index (χ2n) is 12.3. The van der Waals surface area contributed by atoms with E-state index in [1.54, 1.807) is 18.5 Å². The van der Waals surface area contributed by atoms with Gasteiger partial charge in [0, 0.05) is 25.7 Å². The number of benzene rings is 4. The molecule has 1 fully saturated rings. The van der Waals surface area contributed by atoms with Gasteiger partial charge in [-0.3, -0.25) is 9.59 Å². The van der Waals surface area contributed by atoms with Crippen molar-refractivity contribution in [1.29, 1.82) is 0 Å². The third kappa shape index (κ3) is 5.03. The molecule has 0 aliphatic carbocycles. The zero-order valence-electron chi connectivity index (χ0n) is 27.4. The van der Waals surface area contributed by atoms with Crippen LogP contribution in [0.2, 0.25) is 0 Å². The summed E-state index contributed by atoms with van der Waals surface area (Å²) in [5.41, 5.74) is 3.29. The minimum atomic E-state index is -0.315. The predicted molar refractivity (Wildman–Crippen MR) is 194 cm³/mol. The molecule has 1 saturated heterocycles. The molecular weight excluding hydrogens is 644 g/mol. The van der Waals surface area contributed by atoms with Gasteiger partial charge in [0.1, 0.15) is 0 Å². The maximum atomic E-state index is 14.2. The summed E-state index contributed by atoms with van der Waals surface area (Å²) in [7, 11) is 0. The molecule has 14 heteroatoms. The van der Waals surface area contributed by atoms with E-state index in [0.29, 0.717) is 54.2 Å². The first-order chi connectivity index (χ1) is 25.1. The summed E-state index contributed by atoms with van der Waals surface area (Å²) >= 11 is 0. The summed E-state index contributed by atoms with van der Waals surface area (Å²) in [6.45, 7) is 3.49. The van der Waals surface area contributed by atoms with Crippen molar-refractivity contribution in [2.45, 2.75) is 13.0 Å². The number of rotatable bonds is 6. The molecule has 14 nitrogen and oxygen atoms in total. The van der Waals surface area contributed by atoms with Crippen molar-refractivity contribution >= 4 is 34.2 Å². The highest BCUT2D eigenvalue weighted by molar-refractivity contribution is 5.75. The molecule has 0 spiro atoms. The van der Waals surface area contributed by atoms with Gasteiger partial charge in [-0.05, 0) is 55.5 Å². The fourth-order valence-corrected chi connectivity index (χ4v) is 6.66. The highest BCUT2D eigenvalue weighted by Crippen LogP contribution is 2.27. The van der Waals surface area contributed by atoms with E-state index >= 15 is 0 Å². The van der Waals surface area contributed by atoms with Crippen LogP contribution in [0.4, 0.5) is 11.9 Å². The Morgan fingerprint density at radius 2 is 0.941 bits per heavy atom. The Bertz CT molecular complexity index is 2640. The number of aromatic nitrogens is 10. The van der Waals surface area contributed by atoms with Gasteiger partial charge in [0.15, 0.2) is 22.3 Å². The van der Waals surface area contributed by atoms with Crippen LogP contribution in [-0.4, -0.2) is 74.8 Å². The summed E-state index contributed by atoms with van der Waals surface area (Å²) in [5, 5.41) is 17.2. The Hall–Kier alpha value is -6.96. The normalized spacial score (nSPS) is 14.8. The number of nitrogens with zero attached hydrogens (tertiary/aromatic N) is 12. The summed E-state index contributed by atoms with van der Waals surface area (Å²) < 4.78 is 6.39. The Morgan fingerprint density at radius 1 is 0.529 bits per heavy atom. The fourth-order valence-electron chi connectivity index (χ4n) is 6.66. The standard InChI is InChI=1S/C37H30N12O2/c1-25-24-44(36-38-32-30(34(50)46(36)26-14-6-2-7-15-26)40-42-48(32)28-18-10-4-11-19-28)22-23-45(25)37-39-33-31(35(51)47(37)27-16-8-3-9-17-27)41-43-49(33)29-20-12-5-13-21-29/h2-21,25H,22-24H2,1H3. The number of para-hydroxylation sites is 4. The van der Waals surface area contributed by atoms with Crippen molar-refractivity contribution in [2.75, 3.05) is 29.4 Å². The maximum Gasteiger partial charge on any atom is 0.289 e. The Balaban J connectivity index is 1.17. The summed E-state index contributed by atoms with van der Waals surface area (Å²) in [6.07, 6.45) is 0. The van der Waals surface area contributed by atoms with Crippen molar-refractivity contribution < 1.29 is 0 Å². The lowest BCUT2D eigenvalue weighted by molar-refractivity contribution is 0.525. The zero-order valence-corrected chi connectivity index (χ0v) is 27.4. The lowest BCUT2D eigenvalue weighted by atomic mass is 10.2. The number of piperazine rings is 1. The van der Waals surface area contributed by atoms with Crippen LogP contribution < -0.4 is 20.9 Å². The van der Waals surface area contributed by atoms with Crippen LogP contribution in [0.3, 0.4) is 0 Å². The minimum absolute atomic E-state index is 0.172. The second-order valence-corrected chi connectivity index (χ2v) is 12.3. The first-order valence-corrected chi connectivity index (χ1v) is 16.6.